The molecule has 0 spiro atoms. The maximum atomic E-state index is 13.9. The third-order valence-corrected chi connectivity index (χ3v) is 5.99. The molecule has 1 N–H and O–H groups in total. The lowest BCUT2D eigenvalue weighted by Gasteiger charge is -2.33. The van der Waals surface area contributed by atoms with Crippen LogP contribution in [0.1, 0.15) is 41.3 Å². The number of piperidine rings is 1. The molecule has 0 aromatic heterocycles. The van der Waals surface area contributed by atoms with E-state index in [1.807, 2.05) is 0 Å². The van der Waals surface area contributed by atoms with Crippen LogP contribution in [-0.2, 0) is 17.8 Å². The Morgan fingerprint density at radius 2 is 2.06 bits per heavy atom. The van der Waals surface area contributed by atoms with Crippen LogP contribution in [-0.4, -0.2) is 37.3 Å². The van der Waals surface area contributed by atoms with Crippen molar-refractivity contribution in [1.29, 1.82) is 0 Å². The van der Waals surface area contributed by atoms with E-state index in [-0.39, 0.29) is 37.0 Å². The van der Waals surface area contributed by atoms with Gasteiger partial charge < -0.3 is 19.7 Å². The van der Waals surface area contributed by atoms with Gasteiger partial charge in [0.15, 0.2) is 6.79 Å². The summed E-state index contributed by atoms with van der Waals surface area (Å²) in [4.78, 5) is 25.9. The molecule has 32 heavy (non-hydrogen) atoms. The van der Waals surface area contributed by atoms with Gasteiger partial charge in [-0.2, -0.15) is 0 Å². The summed E-state index contributed by atoms with van der Waals surface area (Å²) < 4.78 is 24.7. The number of nitro groups is 1. The van der Waals surface area contributed by atoms with Crippen LogP contribution in [0.2, 0.25) is 0 Å². The van der Waals surface area contributed by atoms with Crippen LogP contribution in [0.5, 0.6) is 5.75 Å². The minimum absolute atomic E-state index is 0.101. The minimum Gasteiger partial charge on any atom is -0.467 e. The predicted molar refractivity (Wildman–Crippen MR) is 116 cm³/mol. The van der Waals surface area contributed by atoms with Gasteiger partial charge in [-0.3, -0.25) is 14.9 Å². The summed E-state index contributed by atoms with van der Waals surface area (Å²) in [6.07, 6.45) is 2.37. The highest BCUT2D eigenvalue weighted by Crippen LogP contribution is 2.31. The van der Waals surface area contributed by atoms with E-state index in [1.54, 1.807) is 6.07 Å². The number of nitro benzene ring substituents is 1. The molecule has 1 amide bonds. The second-order valence-electron chi connectivity index (χ2n) is 8.30. The molecule has 2 aliphatic rings. The number of amides is 1. The molecule has 4 rings (SSSR count). The highest BCUT2D eigenvalue weighted by molar-refractivity contribution is 6.00. The Hall–Kier alpha value is -3.20. The fourth-order valence-corrected chi connectivity index (χ4v) is 4.19. The van der Waals surface area contributed by atoms with Crippen molar-refractivity contribution in [1.82, 2.24) is 5.32 Å². The van der Waals surface area contributed by atoms with Gasteiger partial charge in [-0.25, -0.2) is 4.39 Å². The number of hydrogen-bond acceptors (Lipinski definition) is 6. The quantitative estimate of drug-likeness (QED) is 0.539. The van der Waals surface area contributed by atoms with Crippen molar-refractivity contribution >= 4 is 17.3 Å². The van der Waals surface area contributed by atoms with E-state index in [0.717, 1.165) is 25.9 Å². The number of anilines is 1. The maximum absolute atomic E-state index is 13.9. The van der Waals surface area contributed by atoms with Gasteiger partial charge in [0.2, 0.25) is 0 Å². The standard InChI is InChI=1S/C23H26FN3O5/c1-15-5-8-26(9-6-15)21-3-2-19(27(29)30)12-20(21)23(28)25-7-4-16-10-18(24)11-17-13-31-14-32-22(16)17/h2-3,10-12,15H,4-9,13-14H2,1H3,(H,25,28). The number of nitrogens with zero attached hydrogens (tertiary/aromatic N) is 2. The molecule has 8 nitrogen and oxygen atoms in total. The van der Waals surface area contributed by atoms with Gasteiger partial charge in [-0.05, 0) is 48.9 Å². The zero-order valence-electron chi connectivity index (χ0n) is 17.9. The van der Waals surface area contributed by atoms with Gasteiger partial charge in [-0.1, -0.05) is 6.92 Å². The van der Waals surface area contributed by atoms with Crippen molar-refractivity contribution in [2.45, 2.75) is 32.8 Å². The van der Waals surface area contributed by atoms with Gasteiger partial charge >= 0.3 is 0 Å². The van der Waals surface area contributed by atoms with Gasteiger partial charge in [-0.15, -0.1) is 0 Å². The molecule has 0 atom stereocenters. The van der Waals surface area contributed by atoms with E-state index < -0.39 is 10.8 Å². The Bertz CT molecular complexity index is 1020. The maximum Gasteiger partial charge on any atom is 0.270 e. The fourth-order valence-electron chi connectivity index (χ4n) is 4.19. The van der Waals surface area contributed by atoms with E-state index >= 15 is 0 Å². The van der Waals surface area contributed by atoms with Crippen molar-refractivity contribution in [2.75, 3.05) is 31.3 Å². The number of non-ortho nitro benzene ring substituents is 1. The van der Waals surface area contributed by atoms with Crippen LogP contribution in [0.3, 0.4) is 0 Å². The summed E-state index contributed by atoms with van der Waals surface area (Å²) in [5.74, 6) is 0.424. The number of ether oxygens (including phenoxy) is 2. The van der Waals surface area contributed by atoms with Crippen molar-refractivity contribution in [3.8, 4) is 5.75 Å². The topological polar surface area (TPSA) is 93.9 Å². The van der Waals surface area contributed by atoms with Crippen LogP contribution in [0.4, 0.5) is 15.8 Å². The average Bonchev–Trinajstić information content (AvgIpc) is 2.79. The van der Waals surface area contributed by atoms with Gasteiger partial charge in [0, 0.05) is 37.3 Å². The summed E-state index contributed by atoms with van der Waals surface area (Å²) in [7, 11) is 0. The molecule has 0 unspecified atom stereocenters. The fraction of sp³-hybridized carbons (Fsp3) is 0.435. The normalized spacial score (nSPS) is 16.2. The summed E-state index contributed by atoms with van der Waals surface area (Å²) in [5.41, 5.74) is 2.13. The Kier molecular flexibility index (Phi) is 6.55. The second-order valence-corrected chi connectivity index (χ2v) is 8.30. The van der Waals surface area contributed by atoms with Crippen molar-refractivity contribution < 1.29 is 23.6 Å². The molecule has 0 bridgehead atoms. The van der Waals surface area contributed by atoms with Crippen LogP contribution in [0.15, 0.2) is 30.3 Å². The number of fused-ring (bicyclic) bond motifs is 1. The van der Waals surface area contributed by atoms with Crippen LogP contribution in [0, 0.1) is 21.8 Å². The number of rotatable bonds is 6. The van der Waals surface area contributed by atoms with Gasteiger partial charge in [0.05, 0.1) is 22.8 Å². The first kappa shape index (κ1) is 22.0. The number of hydrogen-bond donors (Lipinski definition) is 1. The molecule has 1 fully saturated rings. The Morgan fingerprint density at radius 3 is 2.81 bits per heavy atom. The predicted octanol–water partition coefficient (Wildman–Crippen LogP) is 3.81. The Morgan fingerprint density at radius 1 is 1.28 bits per heavy atom. The number of carbonyl (C=O) groups is 1. The molecule has 2 aromatic rings. The third-order valence-electron chi connectivity index (χ3n) is 5.99. The smallest absolute Gasteiger partial charge is 0.270 e. The lowest BCUT2D eigenvalue weighted by Crippen LogP contribution is -2.35. The molecule has 9 heteroatoms. The number of halogens is 1. The van der Waals surface area contributed by atoms with Gasteiger partial charge in [0.1, 0.15) is 11.6 Å². The average molecular weight is 443 g/mol. The molecule has 1 saturated heterocycles. The van der Waals surface area contributed by atoms with E-state index in [1.165, 1.54) is 24.3 Å². The van der Waals surface area contributed by atoms with Crippen molar-refractivity contribution in [3.05, 3.63) is 63.0 Å². The molecule has 2 aliphatic heterocycles. The summed E-state index contributed by atoms with van der Waals surface area (Å²) >= 11 is 0. The minimum atomic E-state index is -0.503. The zero-order chi connectivity index (χ0) is 22.7. The first-order valence-corrected chi connectivity index (χ1v) is 10.8. The number of carbonyl (C=O) groups excluding carboxylic acids is 1. The van der Waals surface area contributed by atoms with Gasteiger partial charge in [0.25, 0.3) is 11.6 Å². The van der Waals surface area contributed by atoms with E-state index in [9.17, 15) is 19.3 Å². The molecular weight excluding hydrogens is 417 g/mol. The molecule has 2 heterocycles. The van der Waals surface area contributed by atoms with Crippen LogP contribution >= 0.6 is 0 Å². The van der Waals surface area contributed by atoms with E-state index in [0.29, 0.717) is 34.9 Å². The first-order chi connectivity index (χ1) is 15.4. The largest absolute Gasteiger partial charge is 0.467 e. The lowest BCUT2D eigenvalue weighted by atomic mass is 9.97. The summed E-state index contributed by atoms with van der Waals surface area (Å²) in [6.45, 7) is 4.41. The van der Waals surface area contributed by atoms with Crippen LogP contribution in [0.25, 0.3) is 0 Å². The Labute approximate surface area is 185 Å². The molecule has 0 saturated carbocycles. The highest BCUT2D eigenvalue weighted by Gasteiger charge is 2.24. The molecule has 170 valence electrons. The van der Waals surface area contributed by atoms with Crippen LogP contribution < -0.4 is 15.0 Å². The van der Waals surface area contributed by atoms with Crippen molar-refractivity contribution in [3.63, 3.8) is 0 Å². The number of benzene rings is 2. The molecular formula is C23H26FN3O5. The number of nitrogens with one attached hydrogen (secondary N) is 1. The van der Waals surface area contributed by atoms with Crippen molar-refractivity contribution in [2.24, 2.45) is 5.92 Å². The Balaban J connectivity index is 1.50. The third kappa shape index (κ3) is 4.83. The second kappa shape index (κ2) is 9.52. The van der Waals surface area contributed by atoms with E-state index in [2.05, 4.69) is 17.1 Å². The monoisotopic (exact) mass is 443 g/mol. The first-order valence-electron chi connectivity index (χ1n) is 10.8. The van der Waals surface area contributed by atoms with E-state index in [4.69, 9.17) is 9.47 Å². The summed E-state index contributed by atoms with van der Waals surface area (Å²) in [6, 6.07) is 7.19. The molecule has 2 aromatic carbocycles. The molecule has 0 aliphatic carbocycles. The molecule has 0 radical (unpaired) electrons. The SMILES string of the molecule is CC1CCN(c2ccc([N+](=O)[O-])cc2C(=O)NCCc2cc(F)cc3c2OCOC3)CC1. The highest BCUT2D eigenvalue weighted by atomic mass is 19.1. The summed E-state index contributed by atoms with van der Waals surface area (Å²) in [5, 5.41) is 14.1. The zero-order valence-corrected chi connectivity index (χ0v) is 17.9. The lowest BCUT2D eigenvalue weighted by molar-refractivity contribution is -0.384.